The summed E-state index contributed by atoms with van der Waals surface area (Å²) in [6.45, 7) is 6.54. The second-order valence-corrected chi connectivity index (χ2v) is 10.2. The summed E-state index contributed by atoms with van der Waals surface area (Å²) in [5.41, 5.74) is 3.98. The number of hydrogen-bond acceptors (Lipinski definition) is 5. The molecule has 4 rings (SSSR count). The van der Waals surface area contributed by atoms with Crippen LogP contribution in [0.3, 0.4) is 0 Å². The summed E-state index contributed by atoms with van der Waals surface area (Å²) in [5, 5.41) is 11.9. The number of imide groups is 1. The Morgan fingerprint density at radius 1 is 0.829 bits per heavy atom. The lowest BCUT2D eigenvalue weighted by molar-refractivity contribution is -0.128. The van der Waals surface area contributed by atoms with E-state index < -0.39 is 0 Å². The molecule has 0 aliphatic rings. The van der Waals surface area contributed by atoms with Gasteiger partial charge in [0.1, 0.15) is 0 Å². The molecule has 2 amide bonds. The van der Waals surface area contributed by atoms with E-state index in [1.807, 2.05) is 77.4 Å². The lowest BCUT2D eigenvalue weighted by Crippen LogP contribution is -2.33. The molecular weight excluding hydrogens is 456 g/mol. The molecule has 0 saturated carbocycles. The lowest BCUT2D eigenvalue weighted by Gasteiger charge is -2.19. The molecule has 0 saturated heterocycles. The number of amides is 2. The molecule has 1 aromatic heterocycles. The van der Waals surface area contributed by atoms with Gasteiger partial charge in [-0.2, -0.15) is 0 Å². The maximum atomic E-state index is 12.5. The maximum absolute atomic E-state index is 12.5. The Kier molecular flexibility index (Phi) is 7.46. The summed E-state index contributed by atoms with van der Waals surface area (Å²) in [5.74, 6) is 0.0503. The summed E-state index contributed by atoms with van der Waals surface area (Å²) in [6, 6.07) is 27.5. The first kappa shape index (κ1) is 24.4. The molecule has 0 radical (unpaired) electrons. The van der Waals surface area contributed by atoms with Gasteiger partial charge in [0, 0.05) is 11.3 Å². The van der Waals surface area contributed by atoms with Gasteiger partial charge in [0.15, 0.2) is 11.0 Å². The second kappa shape index (κ2) is 10.7. The summed E-state index contributed by atoms with van der Waals surface area (Å²) < 4.78 is 1.94. The summed E-state index contributed by atoms with van der Waals surface area (Å²) >= 11 is 1.25. The number of benzene rings is 3. The maximum Gasteiger partial charge on any atom is 0.237 e. The number of para-hydroxylation sites is 1. The van der Waals surface area contributed by atoms with Crippen LogP contribution in [0, 0.1) is 0 Å². The van der Waals surface area contributed by atoms with E-state index in [0.29, 0.717) is 11.0 Å². The van der Waals surface area contributed by atoms with Crippen LogP contribution < -0.4 is 5.32 Å². The number of thioether (sulfide) groups is 1. The number of carbonyl (C=O) groups excluding carboxylic acids is 2. The van der Waals surface area contributed by atoms with Gasteiger partial charge < -0.3 is 0 Å². The highest BCUT2D eigenvalue weighted by Crippen LogP contribution is 2.30. The fourth-order valence-corrected chi connectivity index (χ4v) is 4.38. The third-order valence-corrected chi connectivity index (χ3v) is 6.40. The van der Waals surface area contributed by atoms with Crippen molar-refractivity contribution in [3.63, 3.8) is 0 Å². The molecule has 0 bridgehead atoms. The molecule has 3 aromatic carbocycles. The van der Waals surface area contributed by atoms with Crippen LogP contribution in [0.25, 0.3) is 17.1 Å². The molecule has 1 N–H and O–H groups in total. The van der Waals surface area contributed by atoms with Crippen molar-refractivity contribution in [1.82, 2.24) is 20.1 Å². The number of rotatable bonds is 7. The predicted octanol–water partition coefficient (Wildman–Crippen LogP) is 5.21. The van der Waals surface area contributed by atoms with Crippen molar-refractivity contribution in [1.29, 1.82) is 0 Å². The van der Waals surface area contributed by atoms with E-state index in [2.05, 4.69) is 48.4 Å². The Balaban J connectivity index is 1.51. The van der Waals surface area contributed by atoms with Gasteiger partial charge in [-0.25, -0.2) is 0 Å². The minimum absolute atomic E-state index is 0.0501. The van der Waals surface area contributed by atoms with Gasteiger partial charge in [0.25, 0.3) is 0 Å². The average molecular weight is 485 g/mol. The first-order chi connectivity index (χ1) is 16.8. The largest absolute Gasteiger partial charge is 0.295 e. The van der Waals surface area contributed by atoms with Gasteiger partial charge in [-0.05, 0) is 28.7 Å². The van der Waals surface area contributed by atoms with Crippen LogP contribution in [0.1, 0.15) is 31.9 Å². The van der Waals surface area contributed by atoms with Gasteiger partial charge >= 0.3 is 0 Å². The van der Waals surface area contributed by atoms with Crippen LogP contribution in [0.5, 0.6) is 0 Å². The van der Waals surface area contributed by atoms with Crippen molar-refractivity contribution in [3.8, 4) is 17.1 Å². The van der Waals surface area contributed by atoms with E-state index in [1.54, 1.807) is 0 Å². The van der Waals surface area contributed by atoms with Crippen LogP contribution >= 0.6 is 11.8 Å². The zero-order valence-corrected chi connectivity index (χ0v) is 20.9. The minimum atomic E-state index is -0.366. The zero-order chi connectivity index (χ0) is 24.8. The van der Waals surface area contributed by atoms with Crippen molar-refractivity contribution in [2.45, 2.75) is 37.8 Å². The zero-order valence-electron chi connectivity index (χ0n) is 20.1. The molecular formula is C28H28N4O2S. The molecule has 6 nitrogen and oxygen atoms in total. The van der Waals surface area contributed by atoms with E-state index in [-0.39, 0.29) is 29.4 Å². The summed E-state index contributed by atoms with van der Waals surface area (Å²) in [7, 11) is 0. The standard InChI is InChI=1S/C28H28N4O2S/c1-28(2,3)22-16-14-21(15-17-22)26-30-31-27(32(26)23-12-8-5-9-13-23)35-19-25(34)29-24(33)18-20-10-6-4-7-11-20/h4-17H,18-19H2,1-3H3,(H,29,33,34). The van der Waals surface area contributed by atoms with Crippen LogP contribution in [0.4, 0.5) is 0 Å². The van der Waals surface area contributed by atoms with Crippen LogP contribution in [0.15, 0.2) is 90.1 Å². The van der Waals surface area contributed by atoms with Crippen molar-refractivity contribution >= 4 is 23.6 Å². The molecule has 7 heteroatoms. The van der Waals surface area contributed by atoms with E-state index in [9.17, 15) is 9.59 Å². The van der Waals surface area contributed by atoms with Crippen molar-refractivity contribution in [3.05, 3.63) is 96.1 Å². The highest BCUT2D eigenvalue weighted by atomic mass is 32.2. The van der Waals surface area contributed by atoms with Gasteiger partial charge in [0.05, 0.1) is 12.2 Å². The number of hydrogen-bond donors (Lipinski definition) is 1. The Morgan fingerprint density at radius 3 is 2.09 bits per heavy atom. The monoisotopic (exact) mass is 484 g/mol. The Labute approximate surface area is 209 Å². The van der Waals surface area contributed by atoms with Gasteiger partial charge in [-0.3, -0.25) is 19.5 Å². The van der Waals surface area contributed by atoms with Gasteiger partial charge in [0.2, 0.25) is 11.8 Å². The first-order valence-electron chi connectivity index (χ1n) is 11.4. The van der Waals surface area contributed by atoms with E-state index in [0.717, 1.165) is 16.8 Å². The molecule has 4 aromatic rings. The molecule has 1 heterocycles. The number of carbonyl (C=O) groups is 2. The molecule has 0 fully saturated rings. The summed E-state index contributed by atoms with van der Waals surface area (Å²) in [6.07, 6.45) is 0.159. The quantitative estimate of drug-likeness (QED) is 0.365. The Hall–Kier alpha value is -3.71. The highest BCUT2D eigenvalue weighted by molar-refractivity contribution is 7.99. The molecule has 0 spiro atoms. The molecule has 0 aliphatic carbocycles. The smallest absolute Gasteiger partial charge is 0.237 e. The molecule has 0 unspecified atom stereocenters. The van der Waals surface area contributed by atoms with Crippen LogP contribution in [-0.4, -0.2) is 32.3 Å². The first-order valence-corrected chi connectivity index (χ1v) is 12.4. The van der Waals surface area contributed by atoms with Crippen LogP contribution in [0.2, 0.25) is 0 Å². The van der Waals surface area contributed by atoms with Gasteiger partial charge in [-0.15, -0.1) is 10.2 Å². The normalized spacial score (nSPS) is 11.3. The third kappa shape index (κ3) is 6.25. The van der Waals surface area contributed by atoms with Crippen LogP contribution in [-0.2, 0) is 21.4 Å². The van der Waals surface area contributed by atoms with Crippen molar-refractivity contribution in [2.75, 3.05) is 5.75 Å². The van der Waals surface area contributed by atoms with Gasteiger partial charge in [-0.1, -0.05) is 105 Å². The predicted molar refractivity (Wildman–Crippen MR) is 140 cm³/mol. The van der Waals surface area contributed by atoms with Crippen molar-refractivity contribution in [2.24, 2.45) is 0 Å². The van der Waals surface area contributed by atoms with E-state index in [4.69, 9.17) is 0 Å². The highest BCUT2D eigenvalue weighted by Gasteiger charge is 2.19. The SMILES string of the molecule is CC(C)(C)c1ccc(-c2nnc(SCC(=O)NC(=O)Cc3ccccc3)n2-c2ccccc2)cc1. The van der Waals surface area contributed by atoms with E-state index >= 15 is 0 Å². The molecule has 178 valence electrons. The molecule has 35 heavy (non-hydrogen) atoms. The number of nitrogens with zero attached hydrogens (tertiary/aromatic N) is 3. The second-order valence-electron chi connectivity index (χ2n) is 9.23. The number of nitrogens with one attached hydrogen (secondary N) is 1. The Morgan fingerprint density at radius 2 is 1.46 bits per heavy atom. The fourth-order valence-electron chi connectivity index (χ4n) is 3.63. The molecule has 0 aliphatic heterocycles. The summed E-state index contributed by atoms with van der Waals surface area (Å²) in [4.78, 5) is 24.7. The Bertz CT molecular complexity index is 1290. The average Bonchev–Trinajstić information content (AvgIpc) is 3.27. The third-order valence-electron chi connectivity index (χ3n) is 5.48. The number of aromatic nitrogens is 3. The fraction of sp³-hybridized carbons (Fsp3) is 0.214. The topological polar surface area (TPSA) is 76.9 Å². The molecule has 0 atom stereocenters. The van der Waals surface area contributed by atoms with Crippen molar-refractivity contribution < 1.29 is 9.59 Å². The van der Waals surface area contributed by atoms with E-state index in [1.165, 1.54) is 17.3 Å². The lowest BCUT2D eigenvalue weighted by atomic mass is 9.87. The minimum Gasteiger partial charge on any atom is -0.295 e.